The number of nitrogens with one attached hydrogen (secondary N) is 2. The van der Waals surface area contributed by atoms with Crippen molar-refractivity contribution in [3.8, 4) is 11.5 Å². The highest BCUT2D eigenvalue weighted by molar-refractivity contribution is 5.92. The summed E-state index contributed by atoms with van der Waals surface area (Å²) in [6, 6.07) is 3.59. The summed E-state index contributed by atoms with van der Waals surface area (Å²) in [7, 11) is 0. The molecule has 1 heterocycles. The third kappa shape index (κ3) is 6.78. The zero-order chi connectivity index (χ0) is 20.2. The van der Waals surface area contributed by atoms with Crippen LogP contribution in [0.3, 0.4) is 0 Å². The van der Waals surface area contributed by atoms with Crippen molar-refractivity contribution in [3.63, 3.8) is 0 Å². The number of carbonyl (C=O) groups is 1. The smallest absolute Gasteiger partial charge is 0.319 e. The van der Waals surface area contributed by atoms with Crippen molar-refractivity contribution in [2.75, 3.05) is 56.3 Å². The van der Waals surface area contributed by atoms with Gasteiger partial charge in [0.1, 0.15) is 11.5 Å². The molecule has 1 aromatic carbocycles. The second-order valence-electron chi connectivity index (χ2n) is 6.72. The minimum atomic E-state index is -0.223. The zero-order valence-corrected chi connectivity index (χ0v) is 17.5. The molecule has 158 valence electrons. The average Bonchev–Trinajstić information content (AvgIpc) is 2.70. The van der Waals surface area contributed by atoms with Gasteiger partial charge in [0.05, 0.1) is 37.8 Å². The Morgan fingerprint density at radius 3 is 2.43 bits per heavy atom. The first-order valence-corrected chi connectivity index (χ1v) is 10.5. The minimum Gasteiger partial charge on any atom is -0.492 e. The number of hydrogen-bond acceptors (Lipinski definition) is 5. The fourth-order valence-electron chi connectivity index (χ4n) is 3.16. The van der Waals surface area contributed by atoms with Crippen LogP contribution >= 0.6 is 0 Å². The number of urea groups is 1. The molecule has 0 radical (unpaired) electrons. The molecule has 28 heavy (non-hydrogen) atoms. The summed E-state index contributed by atoms with van der Waals surface area (Å²) in [6.45, 7) is 10.8. The van der Waals surface area contributed by atoms with Gasteiger partial charge in [-0.25, -0.2) is 4.79 Å². The Balaban J connectivity index is 2.12. The van der Waals surface area contributed by atoms with Crippen LogP contribution in [0, 0.1) is 0 Å². The van der Waals surface area contributed by atoms with Gasteiger partial charge in [0.25, 0.3) is 0 Å². The van der Waals surface area contributed by atoms with Gasteiger partial charge >= 0.3 is 6.03 Å². The lowest BCUT2D eigenvalue weighted by molar-refractivity contribution is 0.122. The van der Waals surface area contributed by atoms with Crippen LogP contribution in [0.4, 0.5) is 16.2 Å². The Morgan fingerprint density at radius 1 is 1.04 bits per heavy atom. The molecule has 2 amide bonds. The van der Waals surface area contributed by atoms with E-state index in [0.717, 1.165) is 37.4 Å². The van der Waals surface area contributed by atoms with E-state index in [9.17, 15) is 4.79 Å². The highest BCUT2D eigenvalue weighted by atomic mass is 16.5. The molecule has 0 unspecified atom stereocenters. The fraction of sp³-hybridized carbons (Fsp3) is 0.667. The van der Waals surface area contributed by atoms with Crippen molar-refractivity contribution in [3.05, 3.63) is 12.1 Å². The second-order valence-corrected chi connectivity index (χ2v) is 6.72. The highest BCUT2D eigenvalue weighted by Crippen LogP contribution is 2.39. The lowest BCUT2D eigenvalue weighted by atomic mass is 10.2. The van der Waals surface area contributed by atoms with Crippen molar-refractivity contribution in [2.24, 2.45) is 0 Å². The van der Waals surface area contributed by atoms with Crippen LogP contribution < -0.4 is 25.0 Å². The molecule has 1 fully saturated rings. The number of morpholine rings is 1. The number of hydrogen-bond donors (Lipinski definition) is 2. The van der Waals surface area contributed by atoms with Crippen molar-refractivity contribution < 1.29 is 19.0 Å². The number of benzene rings is 1. The first-order valence-electron chi connectivity index (χ1n) is 10.5. The summed E-state index contributed by atoms with van der Waals surface area (Å²) in [5.41, 5.74) is 1.59. The van der Waals surface area contributed by atoms with Gasteiger partial charge in [-0.2, -0.15) is 0 Å². The molecule has 1 aliphatic heterocycles. The van der Waals surface area contributed by atoms with Crippen molar-refractivity contribution in [1.29, 1.82) is 0 Å². The van der Waals surface area contributed by atoms with Crippen LogP contribution in [-0.2, 0) is 4.74 Å². The van der Waals surface area contributed by atoms with Crippen molar-refractivity contribution in [2.45, 2.75) is 46.5 Å². The van der Waals surface area contributed by atoms with E-state index in [1.165, 1.54) is 12.8 Å². The van der Waals surface area contributed by atoms with E-state index in [2.05, 4.69) is 22.5 Å². The minimum absolute atomic E-state index is 0.223. The summed E-state index contributed by atoms with van der Waals surface area (Å²) in [4.78, 5) is 14.5. The molecule has 0 bridgehead atoms. The molecule has 7 nitrogen and oxygen atoms in total. The Labute approximate surface area is 168 Å². The summed E-state index contributed by atoms with van der Waals surface area (Å²) >= 11 is 0. The molecule has 0 aliphatic carbocycles. The van der Waals surface area contributed by atoms with E-state index < -0.39 is 0 Å². The normalized spacial score (nSPS) is 13.9. The van der Waals surface area contributed by atoms with Gasteiger partial charge < -0.3 is 29.7 Å². The van der Waals surface area contributed by atoms with Crippen LogP contribution in [0.25, 0.3) is 0 Å². The first kappa shape index (κ1) is 22.1. The van der Waals surface area contributed by atoms with Gasteiger partial charge in [-0.3, -0.25) is 0 Å². The van der Waals surface area contributed by atoms with Gasteiger partial charge in [0, 0.05) is 31.8 Å². The molecule has 0 saturated carbocycles. The molecule has 1 aromatic rings. The van der Waals surface area contributed by atoms with E-state index in [-0.39, 0.29) is 6.03 Å². The highest BCUT2D eigenvalue weighted by Gasteiger charge is 2.20. The van der Waals surface area contributed by atoms with E-state index in [1.807, 2.05) is 26.0 Å². The molecule has 1 aliphatic rings. The lowest BCUT2D eigenvalue weighted by Gasteiger charge is -2.31. The SMILES string of the molecule is CCCCCCNC(=O)Nc1cc(OCC)c(N2CCOCC2)cc1OCC. The predicted molar refractivity (Wildman–Crippen MR) is 113 cm³/mol. The third-order valence-corrected chi connectivity index (χ3v) is 4.58. The van der Waals surface area contributed by atoms with Crippen LogP contribution in [0.5, 0.6) is 11.5 Å². The van der Waals surface area contributed by atoms with Crippen LogP contribution in [0.2, 0.25) is 0 Å². The van der Waals surface area contributed by atoms with Gasteiger partial charge in [-0.05, 0) is 20.3 Å². The molecule has 0 aromatic heterocycles. The fourth-order valence-corrected chi connectivity index (χ4v) is 3.16. The van der Waals surface area contributed by atoms with Gasteiger partial charge in [-0.15, -0.1) is 0 Å². The Bertz CT molecular complexity index is 604. The predicted octanol–water partition coefficient (Wildman–Crippen LogP) is 4.02. The molecular formula is C21H35N3O4. The number of unbranched alkanes of at least 4 members (excludes halogenated alkanes) is 3. The Morgan fingerprint density at radius 2 is 1.75 bits per heavy atom. The number of amides is 2. The summed E-state index contributed by atoms with van der Waals surface area (Å²) in [5.74, 6) is 1.39. The van der Waals surface area contributed by atoms with Gasteiger partial charge in [0.15, 0.2) is 0 Å². The first-order chi connectivity index (χ1) is 13.7. The standard InChI is InChI=1S/C21H35N3O4/c1-4-7-8-9-10-22-21(25)23-17-15-20(28-6-3)18(16-19(17)27-5-2)24-11-13-26-14-12-24/h15-16H,4-14H2,1-3H3,(H2,22,23,25). The maximum Gasteiger partial charge on any atom is 0.319 e. The molecule has 7 heteroatoms. The number of carbonyl (C=O) groups excluding carboxylic acids is 1. The summed E-state index contributed by atoms with van der Waals surface area (Å²) < 4.78 is 17.1. The average molecular weight is 394 g/mol. The van der Waals surface area contributed by atoms with Crippen LogP contribution in [-0.4, -0.2) is 52.1 Å². The van der Waals surface area contributed by atoms with Crippen LogP contribution in [0.1, 0.15) is 46.5 Å². The summed E-state index contributed by atoms with van der Waals surface area (Å²) in [5, 5.41) is 5.83. The van der Waals surface area contributed by atoms with Gasteiger partial charge in [0.2, 0.25) is 0 Å². The number of ether oxygens (including phenoxy) is 3. The second kappa shape index (κ2) is 12.3. The zero-order valence-electron chi connectivity index (χ0n) is 17.5. The maximum absolute atomic E-state index is 12.3. The maximum atomic E-state index is 12.3. The molecule has 1 saturated heterocycles. The molecule has 2 rings (SSSR count). The van der Waals surface area contributed by atoms with Crippen LogP contribution in [0.15, 0.2) is 12.1 Å². The topological polar surface area (TPSA) is 72.1 Å². The number of nitrogens with zero attached hydrogens (tertiary/aromatic N) is 1. The number of anilines is 2. The molecular weight excluding hydrogens is 358 g/mol. The van der Waals surface area contributed by atoms with Crippen molar-refractivity contribution in [1.82, 2.24) is 5.32 Å². The van der Waals surface area contributed by atoms with E-state index in [4.69, 9.17) is 14.2 Å². The Hall–Kier alpha value is -2.15. The largest absolute Gasteiger partial charge is 0.492 e. The van der Waals surface area contributed by atoms with E-state index in [1.54, 1.807) is 0 Å². The molecule has 0 spiro atoms. The molecule has 0 atom stereocenters. The quantitative estimate of drug-likeness (QED) is 0.556. The summed E-state index contributed by atoms with van der Waals surface area (Å²) in [6.07, 6.45) is 4.49. The lowest BCUT2D eigenvalue weighted by Crippen LogP contribution is -2.36. The monoisotopic (exact) mass is 393 g/mol. The van der Waals surface area contributed by atoms with Crippen molar-refractivity contribution >= 4 is 17.4 Å². The Kier molecular flexibility index (Phi) is 9.76. The number of rotatable bonds is 11. The van der Waals surface area contributed by atoms with E-state index in [0.29, 0.717) is 44.4 Å². The van der Waals surface area contributed by atoms with E-state index >= 15 is 0 Å². The third-order valence-electron chi connectivity index (χ3n) is 4.58. The molecule has 2 N–H and O–H groups in total. The van der Waals surface area contributed by atoms with Gasteiger partial charge in [-0.1, -0.05) is 26.2 Å².